The Labute approximate surface area is 184 Å². The van der Waals surface area contributed by atoms with Crippen LogP contribution in [0.3, 0.4) is 0 Å². The van der Waals surface area contributed by atoms with Crippen molar-refractivity contribution >= 4 is 27.3 Å². The molecule has 31 heavy (non-hydrogen) atoms. The van der Waals surface area contributed by atoms with E-state index in [1.807, 2.05) is 41.3 Å². The van der Waals surface area contributed by atoms with Crippen LogP contribution in [0.25, 0.3) is 10.1 Å². The number of hydrogen-bond acceptors (Lipinski definition) is 5. The van der Waals surface area contributed by atoms with Gasteiger partial charge in [0.1, 0.15) is 18.2 Å². The van der Waals surface area contributed by atoms with Gasteiger partial charge in [0, 0.05) is 34.7 Å². The second kappa shape index (κ2) is 8.94. The summed E-state index contributed by atoms with van der Waals surface area (Å²) >= 11 is 1.34. The highest BCUT2D eigenvalue weighted by atomic mass is 32.1. The van der Waals surface area contributed by atoms with E-state index >= 15 is 0 Å². The highest BCUT2D eigenvalue weighted by Crippen LogP contribution is 2.36. The van der Waals surface area contributed by atoms with Gasteiger partial charge >= 0.3 is 0 Å². The Bertz CT molecular complexity index is 1060. The van der Waals surface area contributed by atoms with Gasteiger partial charge in [0.15, 0.2) is 6.29 Å². The fourth-order valence-corrected chi connectivity index (χ4v) is 5.51. The minimum atomic E-state index is -0.325. The van der Waals surface area contributed by atoms with E-state index in [2.05, 4.69) is 0 Å². The monoisotopic (exact) mass is 441 g/mol. The number of thiophene rings is 1. The molecule has 7 heteroatoms. The van der Waals surface area contributed by atoms with Crippen molar-refractivity contribution in [1.29, 1.82) is 0 Å². The summed E-state index contributed by atoms with van der Waals surface area (Å²) in [7, 11) is 0. The van der Waals surface area contributed by atoms with Crippen LogP contribution in [0.2, 0.25) is 0 Å². The van der Waals surface area contributed by atoms with Gasteiger partial charge in [-0.3, -0.25) is 4.79 Å². The van der Waals surface area contributed by atoms with Crippen molar-refractivity contribution in [2.75, 3.05) is 26.3 Å². The molecule has 0 N–H and O–H groups in total. The Morgan fingerprint density at radius 2 is 1.81 bits per heavy atom. The summed E-state index contributed by atoms with van der Waals surface area (Å²) in [6, 6.07) is 14.3. The zero-order chi connectivity index (χ0) is 21.2. The van der Waals surface area contributed by atoms with Crippen molar-refractivity contribution in [3.05, 3.63) is 64.8 Å². The zero-order valence-corrected chi connectivity index (χ0v) is 17.9. The van der Waals surface area contributed by atoms with Crippen LogP contribution in [0, 0.1) is 11.7 Å². The molecule has 162 valence electrons. The topological polar surface area (TPSA) is 48.0 Å². The minimum absolute atomic E-state index is 0.0565. The number of halogens is 1. The van der Waals surface area contributed by atoms with E-state index in [1.54, 1.807) is 6.07 Å². The van der Waals surface area contributed by atoms with Crippen molar-refractivity contribution in [3.63, 3.8) is 0 Å². The molecule has 0 atom stereocenters. The number of amides is 1. The number of benzene rings is 2. The van der Waals surface area contributed by atoms with Gasteiger partial charge < -0.3 is 19.1 Å². The predicted octanol–water partition coefficient (Wildman–Crippen LogP) is 4.84. The fraction of sp³-hybridized carbons (Fsp3) is 0.375. The largest absolute Gasteiger partial charge is 0.489 e. The molecule has 5 nitrogen and oxygen atoms in total. The SMILES string of the molecule is O=C(c1sc2cccc(F)c2c1COc1ccccc1)N1CCC(C2OCCO2)CC1. The van der Waals surface area contributed by atoms with E-state index in [1.165, 1.54) is 17.4 Å². The van der Waals surface area contributed by atoms with Gasteiger partial charge in [-0.15, -0.1) is 11.3 Å². The number of carbonyl (C=O) groups excluding carboxylic acids is 1. The van der Waals surface area contributed by atoms with E-state index in [-0.39, 0.29) is 24.6 Å². The molecule has 2 aromatic carbocycles. The Morgan fingerprint density at radius 3 is 2.55 bits per heavy atom. The van der Waals surface area contributed by atoms with Crippen LogP contribution in [-0.4, -0.2) is 43.4 Å². The molecule has 1 aromatic heterocycles. The molecule has 1 amide bonds. The summed E-state index contributed by atoms with van der Waals surface area (Å²) in [5.41, 5.74) is 0.622. The maximum Gasteiger partial charge on any atom is 0.264 e. The number of fused-ring (bicyclic) bond motifs is 1. The van der Waals surface area contributed by atoms with Crippen LogP contribution in [0.15, 0.2) is 48.5 Å². The van der Waals surface area contributed by atoms with Crippen molar-refractivity contribution < 1.29 is 23.4 Å². The third-order valence-electron chi connectivity index (χ3n) is 5.94. The average molecular weight is 442 g/mol. The quantitative estimate of drug-likeness (QED) is 0.568. The summed E-state index contributed by atoms with van der Waals surface area (Å²) in [4.78, 5) is 15.9. The Morgan fingerprint density at radius 1 is 1.06 bits per heavy atom. The minimum Gasteiger partial charge on any atom is -0.489 e. The highest BCUT2D eigenvalue weighted by Gasteiger charge is 2.33. The molecule has 3 aromatic rings. The second-order valence-electron chi connectivity index (χ2n) is 7.86. The first-order chi connectivity index (χ1) is 15.2. The molecule has 0 aliphatic carbocycles. The van der Waals surface area contributed by atoms with Crippen molar-refractivity contribution in [2.45, 2.75) is 25.7 Å². The fourth-order valence-electron chi connectivity index (χ4n) is 4.32. The number of ether oxygens (including phenoxy) is 3. The molecular formula is C24H24FNO4S. The number of rotatable bonds is 5. The van der Waals surface area contributed by atoms with Gasteiger partial charge in [-0.25, -0.2) is 4.39 Å². The Kier molecular flexibility index (Phi) is 5.89. The predicted molar refractivity (Wildman–Crippen MR) is 117 cm³/mol. The lowest BCUT2D eigenvalue weighted by Crippen LogP contribution is -2.41. The summed E-state index contributed by atoms with van der Waals surface area (Å²) in [6.07, 6.45) is 1.53. The molecule has 5 rings (SSSR count). The molecule has 2 aliphatic heterocycles. The molecule has 3 heterocycles. The average Bonchev–Trinajstić information content (AvgIpc) is 3.47. The maximum absolute atomic E-state index is 14.7. The summed E-state index contributed by atoms with van der Waals surface area (Å²) in [5, 5.41) is 0.481. The molecule has 2 saturated heterocycles. The third-order valence-corrected chi connectivity index (χ3v) is 7.13. The van der Waals surface area contributed by atoms with E-state index < -0.39 is 0 Å². The van der Waals surface area contributed by atoms with Gasteiger partial charge in [-0.2, -0.15) is 0 Å². The van der Waals surface area contributed by atoms with Gasteiger partial charge in [0.2, 0.25) is 0 Å². The van der Waals surface area contributed by atoms with Crippen LogP contribution < -0.4 is 4.74 Å². The van der Waals surface area contributed by atoms with Gasteiger partial charge in [-0.05, 0) is 37.1 Å². The molecule has 2 aliphatic rings. The van der Waals surface area contributed by atoms with Gasteiger partial charge in [0.05, 0.1) is 18.1 Å². The third kappa shape index (κ3) is 4.18. The highest BCUT2D eigenvalue weighted by molar-refractivity contribution is 7.21. The Hall–Kier alpha value is -2.48. The van der Waals surface area contributed by atoms with Crippen LogP contribution in [0.4, 0.5) is 4.39 Å². The number of para-hydroxylation sites is 1. The molecule has 0 bridgehead atoms. The molecule has 0 unspecified atom stereocenters. The number of piperidine rings is 1. The van der Waals surface area contributed by atoms with Gasteiger partial charge in [-0.1, -0.05) is 24.3 Å². The van der Waals surface area contributed by atoms with E-state index in [0.717, 1.165) is 17.5 Å². The number of likely N-dealkylation sites (tertiary alicyclic amines) is 1. The van der Waals surface area contributed by atoms with Crippen molar-refractivity contribution in [1.82, 2.24) is 4.90 Å². The van der Waals surface area contributed by atoms with Crippen molar-refractivity contribution in [3.8, 4) is 5.75 Å². The van der Waals surface area contributed by atoms with Crippen LogP contribution >= 0.6 is 11.3 Å². The van der Waals surface area contributed by atoms with Crippen LogP contribution in [0.1, 0.15) is 28.1 Å². The first-order valence-corrected chi connectivity index (χ1v) is 11.4. The first-order valence-electron chi connectivity index (χ1n) is 10.6. The van der Waals surface area contributed by atoms with Crippen LogP contribution in [0.5, 0.6) is 5.75 Å². The van der Waals surface area contributed by atoms with Crippen molar-refractivity contribution in [2.24, 2.45) is 5.92 Å². The zero-order valence-electron chi connectivity index (χ0n) is 17.1. The van der Waals surface area contributed by atoms with E-state index in [9.17, 15) is 9.18 Å². The molecule has 2 fully saturated rings. The van der Waals surface area contributed by atoms with Gasteiger partial charge in [0.25, 0.3) is 5.91 Å². The van der Waals surface area contributed by atoms with E-state index in [4.69, 9.17) is 14.2 Å². The van der Waals surface area contributed by atoms with E-state index in [0.29, 0.717) is 53.8 Å². The molecule has 0 radical (unpaired) electrons. The molecule has 0 spiro atoms. The summed E-state index contributed by atoms with van der Waals surface area (Å²) in [5.74, 6) is 0.619. The lowest BCUT2D eigenvalue weighted by atomic mass is 9.96. The first kappa shape index (κ1) is 20.4. The number of hydrogen-bond donors (Lipinski definition) is 0. The lowest BCUT2D eigenvalue weighted by Gasteiger charge is -2.33. The summed E-state index contributed by atoms with van der Waals surface area (Å²) < 4.78 is 32.7. The maximum atomic E-state index is 14.7. The summed E-state index contributed by atoms with van der Waals surface area (Å²) in [6.45, 7) is 2.71. The smallest absolute Gasteiger partial charge is 0.264 e. The lowest BCUT2D eigenvalue weighted by molar-refractivity contribution is -0.0956. The second-order valence-corrected chi connectivity index (χ2v) is 8.92. The normalized spacial score (nSPS) is 18.0. The standard InChI is InChI=1S/C24H24FNO4S/c25-19-7-4-8-20-21(19)18(15-30-17-5-2-1-3-6-17)22(31-20)23(27)26-11-9-16(10-12-26)24-28-13-14-29-24/h1-8,16,24H,9-15H2. The Balaban J connectivity index is 1.38. The van der Waals surface area contributed by atoms with Crippen LogP contribution in [-0.2, 0) is 16.1 Å². The molecular weight excluding hydrogens is 417 g/mol. The number of carbonyl (C=O) groups is 1. The number of nitrogens with zero attached hydrogens (tertiary/aromatic N) is 1. The molecule has 0 saturated carbocycles.